The lowest BCUT2D eigenvalue weighted by Gasteiger charge is -2.37. The van der Waals surface area contributed by atoms with E-state index >= 15 is 0 Å². The van der Waals surface area contributed by atoms with E-state index in [4.69, 9.17) is 31.9 Å². The van der Waals surface area contributed by atoms with Gasteiger partial charge in [0, 0.05) is 0 Å². The number of carboxylic acid groups (broad SMARTS) is 3. The number of aliphatic hydroxyl groups excluding tert-OH is 1. The van der Waals surface area contributed by atoms with E-state index < -0.39 is 35.1 Å². The molecule has 0 saturated heterocycles. The molecule has 2 unspecified atom stereocenters. The Hall–Kier alpha value is -1.71. The Morgan fingerprint density at radius 2 is 1.31 bits per heavy atom. The molecule has 0 aliphatic heterocycles. The molecule has 0 radical (unpaired) electrons. The molecule has 2 atom stereocenters. The van der Waals surface area contributed by atoms with E-state index in [-0.39, 0.29) is 0 Å². The summed E-state index contributed by atoms with van der Waals surface area (Å²) in [5.41, 5.74) is 3.74. The topological polar surface area (TPSA) is 184 Å². The van der Waals surface area contributed by atoms with Gasteiger partial charge in [-0.2, -0.15) is 0 Å². The Morgan fingerprint density at radius 1 is 1.00 bits per heavy atom. The Bertz CT molecular complexity index is 326. The maximum Gasteiger partial charge on any atom is 0.338 e. The first-order valence-electron chi connectivity index (χ1n) is 3.98. The normalized spacial score (nSPS) is 17.2. The number of carboxylic acids is 3. The zero-order valence-electron chi connectivity index (χ0n) is 8.25. The number of hydrogen-bond donors (Lipinski definition) is 6. The van der Waals surface area contributed by atoms with Crippen LogP contribution in [0, 0.1) is 0 Å². The third-order valence-corrected chi connectivity index (χ3v) is 2.34. The number of hydrogen-bond acceptors (Lipinski definition) is 6. The van der Waals surface area contributed by atoms with E-state index in [1.54, 1.807) is 0 Å². The van der Waals surface area contributed by atoms with Gasteiger partial charge in [-0.05, 0) is 6.92 Å². The molecule has 0 aromatic rings. The summed E-state index contributed by atoms with van der Waals surface area (Å²) in [6.45, 7) is 0.835. The van der Waals surface area contributed by atoms with E-state index in [0.29, 0.717) is 0 Å². The van der Waals surface area contributed by atoms with Crippen LogP contribution in [0.2, 0.25) is 0 Å². The van der Waals surface area contributed by atoms with Gasteiger partial charge in [-0.3, -0.25) is 4.79 Å². The maximum atomic E-state index is 10.8. The number of nitrogens with two attached hydrogens (primary N) is 2. The number of rotatable bonds is 5. The van der Waals surface area contributed by atoms with Crippen LogP contribution in [-0.2, 0) is 14.4 Å². The molecule has 9 heteroatoms. The van der Waals surface area contributed by atoms with Crippen molar-refractivity contribution < 1.29 is 34.8 Å². The molecule has 0 aliphatic carbocycles. The maximum absolute atomic E-state index is 10.8. The Kier molecular flexibility index (Phi) is 3.61. The molecule has 8 N–H and O–H groups in total. The highest BCUT2D eigenvalue weighted by atomic mass is 16.4. The minimum atomic E-state index is -3.34. The smallest absolute Gasteiger partial charge is 0.338 e. The van der Waals surface area contributed by atoms with Crippen molar-refractivity contribution in [2.24, 2.45) is 11.5 Å². The minimum absolute atomic E-state index is 0.835. The van der Waals surface area contributed by atoms with Crippen molar-refractivity contribution in [3.63, 3.8) is 0 Å². The standard InChI is InChI=1S/C7H12N2O7/c1-2(10)6(8,3(11)12)7(9,4(13)14)5(15)16/h2,10H,8-9H2,1H3,(H,11,12)(H,13,14)(H,15,16). The fraction of sp³-hybridized carbons (Fsp3) is 0.571. The second-order valence-electron chi connectivity index (χ2n) is 3.27. The van der Waals surface area contributed by atoms with Gasteiger partial charge in [0.15, 0.2) is 5.54 Å². The molecule has 0 bridgehead atoms. The highest BCUT2D eigenvalue weighted by molar-refractivity contribution is 6.10. The molecule has 0 aromatic carbocycles. The largest absolute Gasteiger partial charge is 0.480 e. The molecule has 0 rings (SSSR count). The van der Waals surface area contributed by atoms with Crippen LogP contribution < -0.4 is 11.5 Å². The van der Waals surface area contributed by atoms with E-state index in [2.05, 4.69) is 0 Å². The summed E-state index contributed by atoms with van der Waals surface area (Å²) in [4.78, 5) is 32.3. The average molecular weight is 236 g/mol. The van der Waals surface area contributed by atoms with Gasteiger partial charge in [-0.15, -0.1) is 0 Å². The van der Waals surface area contributed by atoms with E-state index in [1.165, 1.54) is 0 Å². The first-order chi connectivity index (χ1) is 7.02. The SMILES string of the molecule is CC(O)C(N)(C(=O)O)C(N)(C(=O)O)C(=O)O. The predicted octanol–water partition coefficient (Wildman–Crippen LogP) is -2.98. The quantitative estimate of drug-likeness (QED) is 0.271. The molecule has 0 saturated carbocycles. The van der Waals surface area contributed by atoms with Crippen molar-refractivity contribution in [1.29, 1.82) is 0 Å². The number of carbonyl (C=O) groups is 3. The van der Waals surface area contributed by atoms with Crippen LogP contribution in [0.3, 0.4) is 0 Å². The summed E-state index contributed by atoms with van der Waals surface area (Å²) in [6.07, 6.45) is -1.98. The zero-order chi connectivity index (χ0) is 13.3. The van der Waals surface area contributed by atoms with Crippen molar-refractivity contribution in [3.8, 4) is 0 Å². The predicted molar refractivity (Wildman–Crippen MR) is 48.4 cm³/mol. The summed E-state index contributed by atoms with van der Waals surface area (Å²) in [6, 6.07) is 0. The van der Waals surface area contributed by atoms with Crippen LogP contribution in [0.25, 0.3) is 0 Å². The van der Waals surface area contributed by atoms with Crippen LogP contribution in [-0.4, -0.2) is 55.5 Å². The summed E-state index contributed by atoms with van der Waals surface area (Å²) in [5, 5.41) is 35.3. The molecule has 0 amide bonds. The van der Waals surface area contributed by atoms with E-state index in [1.807, 2.05) is 0 Å². The van der Waals surface area contributed by atoms with E-state index in [9.17, 15) is 14.4 Å². The number of aliphatic hydroxyl groups is 1. The van der Waals surface area contributed by atoms with Gasteiger partial charge < -0.3 is 31.9 Å². The van der Waals surface area contributed by atoms with Crippen molar-refractivity contribution in [2.75, 3.05) is 0 Å². The lowest BCUT2D eigenvalue weighted by molar-refractivity contribution is -0.173. The van der Waals surface area contributed by atoms with Crippen molar-refractivity contribution in [2.45, 2.75) is 24.1 Å². The molecule has 0 aliphatic rings. The van der Waals surface area contributed by atoms with Crippen LogP contribution >= 0.6 is 0 Å². The molecule has 0 heterocycles. The van der Waals surface area contributed by atoms with Crippen LogP contribution in [0.15, 0.2) is 0 Å². The molecular weight excluding hydrogens is 224 g/mol. The van der Waals surface area contributed by atoms with Gasteiger partial charge in [-0.1, -0.05) is 0 Å². The lowest BCUT2D eigenvalue weighted by atomic mass is 9.74. The fourth-order valence-electron chi connectivity index (χ4n) is 1.12. The molecular formula is C7H12N2O7. The summed E-state index contributed by atoms with van der Waals surface area (Å²) < 4.78 is 0. The van der Waals surface area contributed by atoms with Gasteiger partial charge in [0.1, 0.15) is 0 Å². The van der Waals surface area contributed by atoms with Crippen LogP contribution in [0.5, 0.6) is 0 Å². The molecule has 0 aromatic heterocycles. The van der Waals surface area contributed by atoms with Gasteiger partial charge in [0.25, 0.3) is 0 Å². The second-order valence-corrected chi connectivity index (χ2v) is 3.27. The third-order valence-electron chi connectivity index (χ3n) is 2.34. The van der Waals surface area contributed by atoms with E-state index in [0.717, 1.165) is 6.92 Å². The monoisotopic (exact) mass is 236 g/mol. The van der Waals surface area contributed by atoms with Crippen molar-refractivity contribution in [1.82, 2.24) is 0 Å². The molecule has 92 valence electrons. The summed E-state index contributed by atoms with van der Waals surface area (Å²) in [5.74, 6) is -6.36. The lowest BCUT2D eigenvalue weighted by Crippen LogP contribution is -2.80. The number of aliphatic carboxylic acids is 3. The average Bonchev–Trinajstić information content (AvgIpc) is 2.13. The minimum Gasteiger partial charge on any atom is -0.480 e. The Morgan fingerprint density at radius 3 is 1.38 bits per heavy atom. The Labute approximate surface area is 89.3 Å². The van der Waals surface area contributed by atoms with Crippen molar-refractivity contribution in [3.05, 3.63) is 0 Å². The second kappa shape index (κ2) is 4.04. The first-order valence-corrected chi connectivity index (χ1v) is 3.98. The molecule has 0 spiro atoms. The highest BCUT2D eigenvalue weighted by Gasteiger charge is 2.65. The van der Waals surface area contributed by atoms with Crippen LogP contribution in [0.4, 0.5) is 0 Å². The van der Waals surface area contributed by atoms with Crippen molar-refractivity contribution >= 4 is 17.9 Å². The molecule has 16 heavy (non-hydrogen) atoms. The zero-order valence-corrected chi connectivity index (χ0v) is 8.25. The van der Waals surface area contributed by atoms with Gasteiger partial charge in [0.2, 0.25) is 5.54 Å². The highest BCUT2D eigenvalue weighted by Crippen LogP contribution is 2.23. The van der Waals surface area contributed by atoms with Gasteiger partial charge >= 0.3 is 17.9 Å². The summed E-state index contributed by atoms with van der Waals surface area (Å²) >= 11 is 0. The molecule has 9 nitrogen and oxygen atoms in total. The molecule has 0 fully saturated rings. The first kappa shape index (κ1) is 14.3. The van der Waals surface area contributed by atoms with Gasteiger partial charge in [0.05, 0.1) is 6.10 Å². The summed E-state index contributed by atoms with van der Waals surface area (Å²) in [7, 11) is 0. The Balaban J connectivity index is 5.94. The van der Waals surface area contributed by atoms with Gasteiger partial charge in [-0.25, -0.2) is 9.59 Å². The fourth-order valence-corrected chi connectivity index (χ4v) is 1.12. The third kappa shape index (κ3) is 1.60. The van der Waals surface area contributed by atoms with Crippen LogP contribution in [0.1, 0.15) is 6.92 Å².